The van der Waals surface area contributed by atoms with Crippen molar-refractivity contribution in [2.75, 3.05) is 19.8 Å². The van der Waals surface area contributed by atoms with E-state index in [1.807, 2.05) is 43.3 Å². The van der Waals surface area contributed by atoms with Crippen LogP contribution in [0.1, 0.15) is 38.2 Å². The quantitative estimate of drug-likeness (QED) is 0.347. The summed E-state index contributed by atoms with van der Waals surface area (Å²) < 4.78 is 17.2. The van der Waals surface area contributed by atoms with Crippen molar-refractivity contribution in [3.8, 4) is 23.3 Å². The summed E-state index contributed by atoms with van der Waals surface area (Å²) in [5, 5.41) is 12.4. The van der Waals surface area contributed by atoms with Crippen LogP contribution < -0.4 is 19.5 Å². The van der Waals surface area contributed by atoms with E-state index < -0.39 is 0 Å². The summed E-state index contributed by atoms with van der Waals surface area (Å²) in [7, 11) is 0. The molecule has 1 aliphatic carbocycles. The number of para-hydroxylation sites is 1. The molecule has 1 amide bonds. The molecule has 2 aromatic carbocycles. The van der Waals surface area contributed by atoms with Gasteiger partial charge in [0.15, 0.2) is 11.5 Å². The van der Waals surface area contributed by atoms with Crippen LogP contribution in [-0.2, 0) is 4.79 Å². The minimum Gasteiger partial charge on any atom is -0.490 e. The van der Waals surface area contributed by atoms with Crippen LogP contribution in [-0.4, -0.2) is 31.8 Å². The van der Waals surface area contributed by atoms with Gasteiger partial charge in [0.1, 0.15) is 30.6 Å². The Morgan fingerprint density at radius 3 is 2.52 bits per heavy atom. The molecule has 1 fully saturated rings. The van der Waals surface area contributed by atoms with Crippen molar-refractivity contribution < 1.29 is 19.0 Å². The first kappa shape index (κ1) is 22.2. The van der Waals surface area contributed by atoms with Gasteiger partial charge in [-0.2, -0.15) is 5.26 Å². The fourth-order valence-electron chi connectivity index (χ4n) is 3.48. The van der Waals surface area contributed by atoms with E-state index in [-0.39, 0.29) is 17.5 Å². The van der Waals surface area contributed by atoms with Crippen LogP contribution in [0.3, 0.4) is 0 Å². The fraction of sp³-hybridized carbons (Fsp3) is 0.360. The van der Waals surface area contributed by atoms with Gasteiger partial charge in [0.25, 0.3) is 5.91 Å². The Morgan fingerprint density at radius 1 is 1.06 bits per heavy atom. The first-order valence-electron chi connectivity index (χ1n) is 10.7. The van der Waals surface area contributed by atoms with Crippen LogP contribution in [0.2, 0.25) is 0 Å². The molecule has 162 valence electrons. The molecular formula is C25H28N2O4. The van der Waals surface area contributed by atoms with Crippen LogP contribution in [0.4, 0.5) is 0 Å². The largest absolute Gasteiger partial charge is 0.490 e. The molecule has 6 nitrogen and oxygen atoms in total. The summed E-state index contributed by atoms with van der Waals surface area (Å²) >= 11 is 0. The van der Waals surface area contributed by atoms with Gasteiger partial charge < -0.3 is 19.5 Å². The first-order valence-corrected chi connectivity index (χ1v) is 10.7. The summed E-state index contributed by atoms with van der Waals surface area (Å²) in [6.07, 6.45) is 5.76. The first-order chi connectivity index (χ1) is 15.2. The lowest BCUT2D eigenvalue weighted by Gasteiger charge is -2.14. The van der Waals surface area contributed by atoms with Crippen molar-refractivity contribution in [1.29, 1.82) is 5.26 Å². The minimum absolute atomic E-state index is 0.0827. The summed E-state index contributed by atoms with van der Waals surface area (Å²) in [6.45, 7) is 3.12. The lowest BCUT2D eigenvalue weighted by Crippen LogP contribution is -2.33. The normalized spacial score (nSPS) is 14.0. The van der Waals surface area contributed by atoms with Gasteiger partial charge in [-0.3, -0.25) is 4.79 Å². The van der Waals surface area contributed by atoms with Gasteiger partial charge in [-0.1, -0.05) is 37.1 Å². The standard InChI is InChI=1S/C25H28N2O4/c1-2-29-24-17-19(16-20(18-26)25(28)27-21-8-6-7-9-21)12-13-23(24)31-15-14-30-22-10-4-3-5-11-22/h3-5,10-13,16-17,21H,2,6-9,14-15H2,1H3,(H,27,28). The molecule has 0 spiro atoms. The van der Waals surface area contributed by atoms with E-state index in [0.717, 1.165) is 31.4 Å². The number of nitrogens with zero attached hydrogens (tertiary/aromatic N) is 1. The zero-order valence-electron chi connectivity index (χ0n) is 17.8. The second-order valence-corrected chi connectivity index (χ2v) is 7.27. The molecule has 0 saturated heterocycles. The van der Waals surface area contributed by atoms with Gasteiger partial charge >= 0.3 is 0 Å². The van der Waals surface area contributed by atoms with Crippen LogP contribution in [0.15, 0.2) is 54.1 Å². The Balaban J connectivity index is 1.63. The van der Waals surface area contributed by atoms with Crippen LogP contribution in [0.25, 0.3) is 6.08 Å². The molecule has 0 aliphatic heterocycles. The number of nitriles is 1. The fourth-order valence-corrected chi connectivity index (χ4v) is 3.48. The molecule has 0 unspecified atom stereocenters. The van der Waals surface area contributed by atoms with Gasteiger partial charge in [-0.15, -0.1) is 0 Å². The molecule has 1 N–H and O–H groups in total. The van der Waals surface area contributed by atoms with Crippen molar-refractivity contribution in [2.24, 2.45) is 0 Å². The highest BCUT2D eigenvalue weighted by Gasteiger charge is 2.19. The molecule has 1 saturated carbocycles. The third kappa shape index (κ3) is 6.78. The number of carbonyl (C=O) groups is 1. The maximum absolute atomic E-state index is 12.4. The number of amides is 1. The van der Waals surface area contributed by atoms with Crippen molar-refractivity contribution in [2.45, 2.75) is 38.6 Å². The maximum atomic E-state index is 12.4. The Kier molecular flexibility index (Phi) is 8.36. The van der Waals surface area contributed by atoms with Gasteiger partial charge in [0, 0.05) is 6.04 Å². The third-order valence-corrected chi connectivity index (χ3v) is 4.99. The molecule has 0 atom stereocenters. The van der Waals surface area contributed by atoms with E-state index in [9.17, 15) is 10.1 Å². The van der Waals surface area contributed by atoms with Crippen LogP contribution in [0, 0.1) is 11.3 Å². The Hall–Kier alpha value is -3.46. The van der Waals surface area contributed by atoms with Crippen LogP contribution >= 0.6 is 0 Å². The zero-order chi connectivity index (χ0) is 21.9. The predicted octanol–water partition coefficient (Wildman–Crippen LogP) is 4.51. The van der Waals surface area contributed by atoms with E-state index >= 15 is 0 Å². The smallest absolute Gasteiger partial charge is 0.262 e. The van der Waals surface area contributed by atoms with Crippen molar-refractivity contribution in [3.63, 3.8) is 0 Å². The average molecular weight is 421 g/mol. The molecule has 3 rings (SSSR count). The molecule has 0 heterocycles. The minimum atomic E-state index is -0.328. The maximum Gasteiger partial charge on any atom is 0.262 e. The van der Waals surface area contributed by atoms with E-state index in [4.69, 9.17) is 14.2 Å². The third-order valence-electron chi connectivity index (χ3n) is 4.99. The Morgan fingerprint density at radius 2 is 1.81 bits per heavy atom. The summed E-state index contributed by atoms with van der Waals surface area (Å²) in [5.41, 5.74) is 0.786. The van der Waals surface area contributed by atoms with E-state index in [2.05, 4.69) is 5.32 Å². The summed E-state index contributed by atoms with van der Waals surface area (Å²) in [6, 6.07) is 17.1. The molecular weight excluding hydrogens is 392 g/mol. The SMILES string of the molecule is CCOc1cc(C=C(C#N)C(=O)NC2CCCC2)ccc1OCCOc1ccccc1. The zero-order valence-corrected chi connectivity index (χ0v) is 17.8. The molecule has 0 radical (unpaired) electrons. The van der Waals surface area contributed by atoms with Gasteiger partial charge in [-0.25, -0.2) is 0 Å². The Bertz CT molecular complexity index is 928. The van der Waals surface area contributed by atoms with Gasteiger partial charge in [0.2, 0.25) is 0 Å². The van der Waals surface area contributed by atoms with Crippen molar-refractivity contribution in [1.82, 2.24) is 5.32 Å². The molecule has 0 bridgehead atoms. The second kappa shape index (κ2) is 11.7. The lowest BCUT2D eigenvalue weighted by molar-refractivity contribution is -0.117. The molecule has 0 aromatic heterocycles. The highest BCUT2D eigenvalue weighted by molar-refractivity contribution is 6.01. The van der Waals surface area contributed by atoms with Crippen molar-refractivity contribution in [3.05, 3.63) is 59.7 Å². The topological polar surface area (TPSA) is 80.6 Å². The molecule has 1 aliphatic rings. The number of benzene rings is 2. The monoisotopic (exact) mass is 420 g/mol. The number of hydrogen-bond donors (Lipinski definition) is 1. The average Bonchev–Trinajstić information content (AvgIpc) is 3.30. The summed E-state index contributed by atoms with van der Waals surface area (Å²) in [4.78, 5) is 12.4. The van der Waals surface area contributed by atoms with Gasteiger partial charge in [0.05, 0.1) is 6.61 Å². The van der Waals surface area contributed by atoms with E-state index in [1.54, 1.807) is 24.3 Å². The lowest BCUT2D eigenvalue weighted by atomic mass is 10.1. The highest BCUT2D eigenvalue weighted by Crippen LogP contribution is 2.29. The van der Waals surface area contributed by atoms with Crippen LogP contribution in [0.5, 0.6) is 17.2 Å². The number of carbonyl (C=O) groups excluding carboxylic acids is 1. The van der Waals surface area contributed by atoms with E-state index in [1.165, 1.54) is 0 Å². The van der Waals surface area contributed by atoms with Gasteiger partial charge in [-0.05, 0) is 55.7 Å². The number of ether oxygens (including phenoxy) is 3. The van der Waals surface area contributed by atoms with E-state index in [0.29, 0.717) is 36.9 Å². The molecule has 2 aromatic rings. The molecule has 6 heteroatoms. The Labute approximate surface area is 183 Å². The second-order valence-electron chi connectivity index (χ2n) is 7.27. The van der Waals surface area contributed by atoms with Crippen molar-refractivity contribution >= 4 is 12.0 Å². The number of hydrogen-bond acceptors (Lipinski definition) is 5. The number of rotatable bonds is 10. The number of nitrogens with one attached hydrogen (secondary N) is 1. The highest BCUT2D eigenvalue weighted by atomic mass is 16.5. The predicted molar refractivity (Wildman–Crippen MR) is 119 cm³/mol. The molecule has 31 heavy (non-hydrogen) atoms. The summed E-state index contributed by atoms with van der Waals surface area (Å²) in [5.74, 6) is 1.61.